The Morgan fingerprint density at radius 1 is 1.17 bits per heavy atom. The van der Waals surface area contributed by atoms with Gasteiger partial charge in [0.15, 0.2) is 0 Å². The molecule has 118 valence electrons. The van der Waals surface area contributed by atoms with Crippen LogP contribution in [0.4, 0.5) is 4.39 Å². The lowest BCUT2D eigenvalue weighted by Gasteiger charge is -2.11. The fourth-order valence-corrected chi connectivity index (χ4v) is 2.61. The van der Waals surface area contributed by atoms with Crippen LogP contribution in [0.3, 0.4) is 0 Å². The maximum atomic E-state index is 13.1. The SMILES string of the molecule is Cc1ccc2c(COc3ccc(F)cc3Cl)cc(=O)oc2c1C. The molecule has 23 heavy (non-hydrogen) atoms. The first-order valence-electron chi connectivity index (χ1n) is 7.06. The molecule has 0 unspecified atom stereocenters. The fourth-order valence-electron chi connectivity index (χ4n) is 2.39. The average molecular weight is 333 g/mol. The second-order valence-corrected chi connectivity index (χ2v) is 5.75. The van der Waals surface area contributed by atoms with Crippen LogP contribution in [-0.4, -0.2) is 0 Å². The highest BCUT2D eigenvalue weighted by Crippen LogP contribution is 2.28. The first-order valence-corrected chi connectivity index (χ1v) is 7.44. The number of halogens is 2. The van der Waals surface area contributed by atoms with Crippen LogP contribution in [0.5, 0.6) is 5.75 Å². The highest BCUT2D eigenvalue weighted by atomic mass is 35.5. The van der Waals surface area contributed by atoms with Crippen molar-refractivity contribution in [3.8, 4) is 5.75 Å². The van der Waals surface area contributed by atoms with Gasteiger partial charge < -0.3 is 9.15 Å². The third kappa shape index (κ3) is 3.08. The standard InChI is InChI=1S/C18H14ClFO3/c1-10-3-5-14-12(7-17(21)23-18(14)11(10)2)9-22-16-6-4-13(20)8-15(16)19/h3-8H,9H2,1-2H3. The van der Waals surface area contributed by atoms with Gasteiger partial charge in [-0.15, -0.1) is 0 Å². The highest BCUT2D eigenvalue weighted by Gasteiger charge is 2.11. The number of rotatable bonds is 3. The predicted molar refractivity (Wildman–Crippen MR) is 87.7 cm³/mol. The molecule has 0 aliphatic heterocycles. The van der Waals surface area contributed by atoms with Gasteiger partial charge in [0.05, 0.1) is 5.02 Å². The summed E-state index contributed by atoms with van der Waals surface area (Å²) >= 11 is 5.95. The van der Waals surface area contributed by atoms with Crippen molar-refractivity contribution in [1.29, 1.82) is 0 Å². The number of aryl methyl sites for hydroxylation is 2. The van der Waals surface area contributed by atoms with Crippen molar-refractivity contribution in [2.24, 2.45) is 0 Å². The van der Waals surface area contributed by atoms with Gasteiger partial charge in [0.2, 0.25) is 0 Å². The summed E-state index contributed by atoms with van der Waals surface area (Å²) in [5, 5.41) is 0.996. The Hall–Kier alpha value is -2.33. The Bertz CT molecular complexity index is 947. The van der Waals surface area contributed by atoms with E-state index < -0.39 is 11.4 Å². The van der Waals surface area contributed by atoms with Gasteiger partial charge in [-0.2, -0.15) is 0 Å². The molecular formula is C18H14ClFO3. The van der Waals surface area contributed by atoms with Crippen molar-refractivity contribution in [2.45, 2.75) is 20.5 Å². The van der Waals surface area contributed by atoms with E-state index in [0.717, 1.165) is 16.5 Å². The average Bonchev–Trinajstić information content (AvgIpc) is 2.50. The van der Waals surface area contributed by atoms with E-state index in [4.69, 9.17) is 20.8 Å². The zero-order valence-corrected chi connectivity index (χ0v) is 13.4. The van der Waals surface area contributed by atoms with Crippen molar-refractivity contribution in [2.75, 3.05) is 0 Å². The number of benzene rings is 2. The zero-order chi connectivity index (χ0) is 16.6. The highest BCUT2D eigenvalue weighted by molar-refractivity contribution is 6.32. The number of hydrogen-bond donors (Lipinski definition) is 0. The van der Waals surface area contributed by atoms with Crippen LogP contribution in [0.25, 0.3) is 11.0 Å². The van der Waals surface area contributed by atoms with Crippen LogP contribution in [-0.2, 0) is 6.61 Å². The van der Waals surface area contributed by atoms with Gasteiger partial charge in [-0.3, -0.25) is 0 Å². The second-order valence-electron chi connectivity index (χ2n) is 5.34. The van der Waals surface area contributed by atoms with E-state index in [0.29, 0.717) is 16.9 Å². The first-order chi connectivity index (χ1) is 11.0. The van der Waals surface area contributed by atoms with Gasteiger partial charge in [0, 0.05) is 17.0 Å². The quantitative estimate of drug-likeness (QED) is 0.648. The molecule has 0 spiro atoms. The minimum atomic E-state index is -0.435. The van der Waals surface area contributed by atoms with E-state index in [2.05, 4.69) is 0 Å². The van der Waals surface area contributed by atoms with Crippen LogP contribution in [0.1, 0.15) is 16.7 Å². The molecule has 2 aromatic carbocycles. The van der Waals surface area contributed by atoms with E-state index in [9.17, 15) is 9.18 Å². The number of fused-ring (bicyclic) bond motifs is 1. The summed E-state index contributed by atoms with van der Waals surface area (Å²) < 4.78 is 24.0. The maximum Gasteiger partial charge on any atom is 0.336 e. The Balaban J connectivity index is 2.00. The summed E-state index contributed by atoms with van der Waals surface area (Å²) in [5.74, 6) is -0.0717. The van der Waals surface area contributed by atoms with Crippen molar-refractivity contribution >= 4 is 22.6 Å². The molecule has 0 amide bonds. The molecule has 0 atom stereocenters. The van der Waals surface area contributed by atoms with Crippen LogP contribution in [0, 0.1) is 19.7 Å². The molecule has 0 bridgehead atoms. The topological polar surface area (TPSA) is 39.4 Å². The van der Waals surface area contributed by atoms with E-state index in [1.54, 1.807) is 0 Å². The van der Waals surface area contributed by atoms with E-state index in [1.165, 1.54) is 24.3 Å². The normalized spacial score (nSPS) is 11.0. The Morgan fingerprint density at radius 2 is 1.96 bits per heavy atom. The summed E-state index contributed by atoms with van der Waals surface area (Å²) in [6, 6.07) is 9.17. The van der Waals surface area contributed by atoms with Gasteiger partial charge in [0.25, 0.3) is 0 Å². The molecule has 1 heterocycles. The summed E-state index contributed by atoms with van der Waals surface area (Å²) in [4.78, 5) is 11.8. The summed E-state index contributed by atoms with van der Waals surface area (Å²) in [6.45, 7) is 3.99. The fraction of sp³-hybridized carbons (Fsp3) is 0.167. The molecule has 0 aliphatic carbocycles. The van der Waals surface area contributed by atoms with Crippen molar-refractivity contribution in [1.82, 2.24) is 0 Å². The molecule has 1 aromatic heterocycles. The van der Waals surface area contributed by atoms with Crippen LogP contribution in [0.15, 0.2) is 45.6 Å². The minimum Gasteiger partial charge on any atom is -0.487 e. The van der Waals surface area contributed by atoms with Crippen molar-refractivity contribution < 1.29 is 13.5 Å². The van der Waals surface area contributed by atoms with E-state index in [-0.39, 0.29) is 11.6 Å². The third-order valence-corrected chi connectivity index (χ3v) is 4.09. The molecule has 0 N–H and O–H groups in total. The molecule has 0 saturated carbocycles. The third-order valence-electron chi connectivity index (χ3n) is 3.79. The maximum absolute atomic E-state index is 13.1. The molecule has 3 aromatic rings. The minimum absolute atomic E-state index is 0.135. The van der Waals surface area contributed by atoms with E-state index >= 15 is 0 Å². The monoisotopic (exact) mass is 332 g/mol. The van der Waals surface area contributed by atoms with E-state index in [1.807, 2.05) is 26.0 Å². The molecule has 0 aliphatic rings. The number of hydrogen-bond acceptors (Lipinski definition) is 3. The zero-order valence-electron chi connectivity index (χ0n) is 12.7. The smallest absolute Gasteiger partial charge is 0.336 e. The molecular weight excluding hydrogens is 319 g/mol. The largest absolute Gasteiger partial charge is 0.487 e. The Morgan fingerprint density at radius 3 is 2.70 bits per heavy atom. The molecule has 3 nitrogen and oxygen atoms in total. The summed E-state index contributed by atoms with van der Waals surface area (Å²) in [6.07, 6.45) is 0. The predicted octanol–water partition coefficient (Wildman–Crippen LogP) is 4.78. The van der Waals surface area contributed by atoms with Crippen LogP contribution < -0.4 is 10.4 Å². The second kappa shape index (κ2) is 6.05. The van der Waals surface area contributed by atoms with Gasteiger partial charge in [-0.05, 0) is 43.2 Å². The lowest BCUT2D eigenvalue weighted by molar-refractivity contribution is 0.306. The van der Waals surface area contributed by atoms with Crippen LogP contribution in [0.2, 0.25) is 5.02 Å². The molecule has 3 rings (SSSR count). The number of ether oxygens (including phenoxy) is 1. The summed E-state index contributed by atoms with van der Waals surface area (Å²) in [7, 11) is 0. The van der Waals surface area contributed by atoms with Gasteiger partial charge in [-0.25, -0.2) is 9.18 Å². The van der Waals surface area contributed by atoms with Crippen molar-refractivity contribution in [3.63, 3.8) is 0 Å². The lowest BCUT2D eigenvalue weighted by atomic mass is 10.0. The van der Waals surface area contributed by atoms with Gasteiger partial charge in [-0.1, -0.05) is 23.7 Å². The van der Waals surface area contributed by atoms with Gasteiger partial charge in [0.1, 0.15) is 23.8 Å². The molecule has 0 radical (unpaired) electrons. The van der Waals surface area contributed by atoms with Gasteiger partial charge >= 0.3 is 5.63 Å². The van der Waals surface area contributed by atoms with Crippen LogP contribution >= 0.6 is 11.6 Å². The molecule has 5 heteroatoms. The molecule has 0 saturated heterocycles. The molecule has 0 fully saturated rings. The first kappa shape index (κ1) is 15.6. The summed E-state index contributed by atoms with van der Waals surface area (Å²) in [5.41, 5.74) is 2.78. The lowest BCUT2D eigenvalue weighted by Crippen LogP contribution is -2.05. The Labute approximate surface area is 137 Å². The van der Waals surface area contributed by atoms with Crippen molar-refractivity contribution in [3.05, 3.63) is 74.3 Å². The Kier molecular flexibility index (Phi) is 4.09.